The Morgan fingerprint density at radius 1 is 0.970 bits per heavy atom. The van der Waals surface area contributed by atoms with Crippen LogP contribution >= 0.6 is 0 Å². The van der Waals surface area contributed by atoms with Crippen molar-refractivity contribution in [1.82, 2.24) is 0 Å². The summed E-state index contributed by atoms with van der Waals surface area (Å²) in [5.74, 6) is 0.446. The summed E-state index contributed by atoms with van der Waals surface area (Å²) in [5.41, 5.74) is 3.74. The van der Waals surface area contributed by atoms with Crippen molar-refractivity contribution in [2.45, 2.75) is 0 Å². The van der Waals surface area contributed by atoms with Gasteiger partial charge in [0.15, 0.2) is 11.5 Å². The zero-order valence-electron chi connectivity index (χ0n) is 18.6. The van der Waals surface area contributed by atoms with Crippen molar-refractivity contribution in [3.05, 3.63) is 66.2 Å². The Morgan fingerprint density at radius 3 is 2.36 bits per heavy atom. The molecule has 0 bridgehead atoms. The summed E-state index contributed by atoms with van der Waals surface area (Å²) in [4.78, 5) is 13.2. The molecule has 0 spiro atoms. The van der Waals surface area contributed by atoms with E-state index in [1.54, 1.807) is 30.3 Å². The molecule has 9 heteroatoms. The lowest BCUT2D eigenvalue weighted by atomic mass is 10.0. The van der Waals surface area contributed by atoms with Crippen molar-refractivity contribution in [1.29, 1.82) is 0 Å². The number of rotatable bonds is 6. The second-order valence-corrected chi connectivity index (χ2v) is 9.59. The van der Waals surface area contributed by atoms with Crippen LogP contribution in [-0.4, -0.2) is 47.9 Å². The van der Waals surface area contributed by atoms with E-state index in [0.717, 1.165) is 27.4 Å². The molecule has 0 radical (unpaired) electrons. The molecule has 2 N–H and O–H groups in total. The Morgan fingerprint density at radius 2 is 1.67 bits per heavy atom. The zero-order chi connectivity index (χ0) is 23.6. The van der Waals surface area contributed by atoms with Crippen molar-refractivity contribution in [2.75, 3.05) is 48.5 Å². The van der Waals surface area contributed by atoms with Crippen molar-refractivity contribution in [2.24, 2.45) is 0 Å². The first-order chi connectivity index (χ1) is 15.8. The van der Waals surface area contributed by atoms with Crippen LogP contribution in [-0.2, 0) is 10.0 Å². The van der Waals surface area contributed by atoms with E-state index in [0.29, 0.717) is 41.7 Å². The van der Waals surface area contributed by atoms with Gasteiger partial charge in [0.25, 0.3) is 5.91 Å². The molecule has 0 aliphatic carbocycles. The van der Waals surface area contributed by atoms with Crippen LogP contribution in [0.5, 0.6) is 11.5 Å². The van der Waals surface area contributed by atoms with Gasteiger partial charge in [-0.2, -0.15) is 0 Å². The summed E-state index contributed by atoms with van der Waals surface area (Å²) in [7, 11) is -0.260. The van der Waals surface area contributed by atoms with E-state index in [-0.39, 0.29) is 0 Å². The van der Waals surface area contributed by atoms with Gasteiger partial charge in [-0.1, -0.05) is 24.3 Å². The number of carbonyl (C=O) groups is 1. The lowest BCUT2D eigenvalue weighted by Gasteiger charge is -2.23. The molecule has 172 valence electrons. The van der Waals surface area contributed by atoms with E-state index in [1.165, 1.54) is 7.05 Å². The number of nitrogens with one attached hydrogen (secondary N) is 2. The van der Waals surface area contributed by atoms with Crippen LogP contribution in [0.2, 0.25) is 0 Å². The number of ether oxygens (including phenoxy) is 2. The third-order valence-electron chi connectivity index (χ3n) is 5.40. The number of nitrogens with zero attached hydrogens (tertiary/aromatic N) is 1. The maximum atomic E-state index is 13.2. The summed E-state index contributed by atoms with van der Waals surface area (Å²) in [6.07, 6.45) is 1.11. The van der Waals surface area contributed by atoms with E-state index in [2.05, 4.69) is 10.6 Å². The molecule has 1 aliphatic rings. The molecule has 3 aromatic rings. The highest BCUT2D eigenvalue weighted by atomic mass is 32.2. The van der Waals surface area contributed by atoms with E-state index < -0.39 is 15.9 Å². The number of sulfonamides is 1. The first-order valence-corrected chi connectivity index (χ1v) is 12.2. The molecule has 8 nitrogen and oxygen atoms in total. The van der Waals surface area contributed by atoms with Gasteiger partial charge in [0.1, 0.15) is 13.2 Å². The van der Waals surface area contributed by atoms with Gasteiger partial charge in [-0.3, -0.25) is 9.10 Å². The number of hydrogen-bond acceptors (Lipinski definition) is 6. The summed E-state index contributed by atoms with van der Waals surface area (Å²) >= 11 is 0. The highest BCUT2D eigenvalue weighted by molar-refractivity contribution is 7.92. The minimum absolute atomic E-state index is 0.309. The van der Waals surface area contributed by atoms with Gasteiger partial charge in [-0.25, -0.2) is 8.42 Å². The predicted molar refractivity (Wildman–Crippen MR) is 130 cm³/mol. The normalized spacial score (nSPS) is 12.7. The zero-order valence-corrected chi connectivity index (χ0v) is 19.4. The predicted octanol–water partition coefficient (Wildman–Crippen LogP) is 3.81. The standard InChI is InChI=1S/C24H25N3O5S/c1-25-18-10-7-16(8-11-18)17-9-12-21(27(2)33(3,29)30)20(15-17)26-24(28)19-5-4-6-22-23(19)32-14-13-31-22/h4-12,15,25H,13-14H2,1-3H3,(H,26,28). The molecule has 0 aromatic heterocycles. The van der Waals surface area contributed by atoms with Crippen LogP contribution < -0.4 is 24.4 Å². The quantitative estimate of drug-likeness (QED) is 0.572. The Labute approximate surface area is 193 Å². The average molecular weight is 468 g/mol. The minimum Gasteiger partial charge on any atom is -0.486 e. The van der Waals surface area contributed by atoms with Gasteiger partial charge in [-0.05, 0) is 47.5 Å². The van der Waals surface area contributed by atoms with Crippen LogP contribution in [0, 0.1) is 0 Å². The van der Waals surface area contributed by atoms with Crippen LogP contribution in [0.1, 0.15) is 10.4 Å². The molecular weight excluding hydrogens is 442 g/mol. The number of amides is 1. The maximum Gasteiger partial charge on any atom is 0.259 e. The first kappa shape index (κ1) is 22.5. The SMILES string of the molecule is CNc1ccc(-c2ccc(N(C)S(C)(=O)=O)c(NC(=O)c3cccc4c3OCCO4)c2)cc1. The van der Waals surface area contributed by atoms with E-state index in [4.69, 9.17) is 9.47 Å². The Balaban J connectivity index is 1.75. The van der Waals surface area contributed by atoms with Crippen LogP contribution in [0.15, 0.2) is 60.7 Å². The number of anilines is 3. The fourth-order valence-electron chi connectivity index (χ4n) is 3.54. The Hall–Kier alpha value is -3.72. The molecule has 3 aromatic carbocycles. The summed E-state index contributed by atoms with van der Waals surface area (Å²) in [5, 5.41) is 5.94. The molecule has 0 saturated carbocycles. The van der Waals surface area contributed by atoms with Crippen molar-refractivity contribution in [3.8, 4) is 22.6 Å². The van der Waals surface area contributed by atoms with Gasteiger partial charge in [0.2, 0.25) is 10.0 Å². The molecule has 0 saturated heterocycles. The fourth-order valence-corrected chi connectivity index (χ4v) is 4.06. The number of hydrogen-bond donors (Lipinski definition) is 2. The second kappa shape index (κ2) is 9.03. The molecule has 0 atom stereocenters. The molecule has 1 heterocycles. The molecule has 1 amide bonds. The average Bonchev–Trinajstić information content (AvgIpc) is 2.82. The van der Waals surface area contributed by atoms with Gasteiger partial charge in [0, 0.05) is 19.8 Å². The molecule has 33 heavy (non-hydrogen) atoms. The topological polar surface area (TPSA) is 97.0 Å². The van der Waals surface area contributed by atoms with E-state index in [1.807, 2.05) is 37.4 Å². The first-order valence-electron chi connectivity index (χ1n) is 10.3. The third kappa shape index (κ3) is 4.73. The number of fused-ring (bicyclic) bond motifs is 1. The lowest BCUT2D eigenvalue weighted by Crippen LogP contribution is -2.26. The Bertz CT molecular complexity index is 1290. The van der Waals surface area contributed by atoms with Crippen LogP contribution in [0.3, 0.4) is 0 Å². The summed E-state index contributed by atoms with van der Waals surface area (Å²) in [6.45, 7) is 0.757. The van der Waals surface area contributed by atoms with Gasteiger partial charge in [-0.15, -0.1) is 0 Å². The second-order valence-electron chi connectivity index (χ2n) is 7.57. The van der Waals surface area contributed by atoms with E-state index >= 15 is 0 Å². The molecular formula is C24H25N3O5S. The largest absolute Gasteiger partial charge is 0.486 e. The highest BCUT2D eigenvalue weighted by Crippen LogP contribution is 2.36. The fraction of sp³-hybridized carbons (Fsp3) is 0.208. The molecule has 4 rings (SSSR count). The van der Waals surface area contributed by atoms with Crippen LogP contribution in [0.4, 0.5) is 17.1 Å². The number of carbonyl (C=O) groups excluding carboxylic acids is 1. The van der Waals surface area contributed by atoms with Crippen molar-refractivity contribution >= 4 is 33.0 Å². The van der Waals surface area contributed by atoms with Gasteiger partial charge < -0.3 is 20.1 Å². The highest BCUT2D eigenvalue weighted by Gasteiger charge is 2.23. The Kier molecular flexibility index (Phi) is 6.15. The van der Waals surface area contributed by atoms with Crippen molar-refractivity contribution < 1.29 is 22.7 Å². The molecule has 1 aliphatic heterocycles. The van der Waals surface area contributed by atoms with E-state index in [9.17, 15) is 13.2 Å². The summed E-state index contributed by atoms with van der Waals surface area (Å²) < 4.78 is 36.8. The van der Waals surface area contributed by atoms with Gasteiger partial charge in [0.05, 0.1) is 23.2 Å². The van der Waals surface area contributed by atoms with Crippen LogP contribution in [0.25, 0.3) is 11.1 Å². The third-order valence-corrected chi connectivity index (χ3v) is 6.59. The molecule has 0 unspecified atom stereocenters. The number of benzene rings is 3. The monoisotopic (exact) mass is 467 g/mol. The smallest absolute Gasteiger partial charge is 0.259 e. The molecule has 0 fully saturated rings. The lowest BCUT2D eigenvalue weighted by molar-refractivity contribution is 0.101. The number of para-hydroxylation sites is 1. The van der Waals surface area contributed by atoms with Gasteiger partial charge >= 0.3 is 0 Å². The maximum absolute atomic E-state index is 13.2. The minimum atomic E-state index is -3.55. The van der Waals surface area contributed by atoms with Crippen molar-refractivity contribution in [3.63, 3.8) is 0 Å². The summed E-state index contributed by atoms with van der Waals surface area (Å²) in [6, 6.07) is 18.1.